The number of methoxy groups -OCH3 is 1. The van der Waals surface area contributed by atoms with E-state index in [1.165, 1.54) is 0 Å². The highest BCUT2D eigenvalue weighted by Gasteiger charge is 2.30. The van der Waals surface area contributed by atoms with E-state index in [2.05, 4.69) is 5.32 Å². The quantitative estimate of drug-likeness (QED) is 0.843. The molecule has 1 aromatic carbocycles. The maximum atomic E-state index is 11.9. The molecule has 1 amide bonds. The summed E-state index contributed by atoms with van der Waals surface area (Å²) in [5.41, 5.74) is 0.968. The highest BCUT2D eigenvalue weighted by molar-refractivity contribution is 6.32. The molecule has 2 atom stereocenters. The van der Waals surface area contributed by atoms with Crippen LogP contribution in [0, 0.1) is 5.92 Å². The molecule has 0 unspecified atom stereocenters. The van der Waals surface area contributed by atoms with Crippen LogP contribution in [0.15, 0.2) is 18.2 Å². The Balaban J connectivity index is 1.78. The second-order valence-electron chi connectivity index (χ2n) is 5.58. The Morgan fingerprint density at radius 2 is 2.18 bits per heavy atom. The second-order valence-corrected chi connectivity index (χ2v) is 5.99. The van der Waals surface area contributed by atoms with Gasteiger partial charge in [-0.15, -0.1) is 0 Å². The fourth-order valence-corrected chi connectivity index (χ4v) is 3.04. The number of aryl methyl sites for hydroxylation is 1. The van der Waals surface area contributed by atoms with Crippen molar-refractivity contribution in [3.63, 3.8) is 0 Å². The average molecular weight is 326 g/mol. The van der Waals surface area contributed by atoms with Crippen LogP contribution >= 0.6 is 11.6 Å². The van der Waals surface area contributed by atoms with Crippen LogP contribution in [0.4, 0.5) is 0 Å². The molecular weight excluding hydrogens is 306 g/mol. The average Bonchev–Trinajstić information content (AvgIpc) is 2.94. The lowest BCUT2D eigenvalue weighted by Gasteiger charge is -2.12. The van der Waals surface area contributed by atoms with Gasteiger partial charge in [-0.05, 0) is 43.4 Å². The van der Waals surface area contributed by atoms with Crippen LogP contribution in [0.5, 0.6) is 5.75 Å². The Labute approximate surface area is 134 Å². The lowest BCUT2D eigenvalue weighted by Crippen LogP contribution is -2.33. The van der Waals surface area contributed by atoms with E-state index in [9.17, 15) is 9.59 Å². The molecule has 0 saturated heterocycles. The predicted molar refractivity (Wildman–Crippen MR) is 83.2 cm³/mol. The summed E-state index contributed by atoms with van der Waals surface area (Å²) in [5.74, 6) is -0.543. The van der Waals surface area contributed by atoms with Crippen molar-refractivity contribution in [1.82, 2.24) is 5.32 Å². The molecule has 6 heteroatoms. The third kappa shape index (κ3) is 4.37. The topological polar surface area (TPSA) is 75.6 Å². The number of hydrogen-bond acceptors (Lipinski definition) is 3. The van der Waals surface area contributed by atoms with E-state index in [4.69, 9.17) is 21.4 Å². The van der Waals surface area contributed by atoms with Crippen molar-refractivity contribution in [2.24, 2.45) is 5.92 Å². The van der Waals surface area contributed by atoms with E-state index in [1.54, 1.807) is 19.2 Å². The van der Waals surface area contributed by atoms with Crippen LogP contribution in [-0.2, 0) is 16.0 Å². The number of hydrogen-bond donors (Lipinski definition) is 2. The maximum Gasteiger partial charge on any atom is 0.306 e. The van der Waals surface area contributed by atoms with Crippen LogP contribution in [0.25, 0.3) is 0 Å². The lowest BCUT2D eigenvalue weighted by molar-refractivity contribution is -0.141. The number of halogens is 1. The molecule has 1 aliphatic rings. The first-order chi connectivity index (χ1) is 10.5. The fraction of sp³-hybridized carbons (Fsp3) is 0.500. The van der Waals surface area contributed by atoms with Gasteiger partial charge in [-0.1, -0.05) is 17.7 Å². The largest absolute Gasteiger partial charge is 0.495 e. The van der Waals surface area contributed by atoms with Gasteiger partial charge in [0.05, 0.1) is 18.1 Å². The van der Waals surface area contributed by atoms with Crippen molar-refractivity contribution < 1.29 is 19.4 Å². The number of benzene rings is 1. The predicted octanol–water partition coefficient (Wildman–Crippen LogP) is 2.65. The number of carbonyl (C=O) groups is 2. The summed E-state index contributed by atoms with van der Waals surface area (Å²) in [5, 5.41) is 12.4. The highest BCUT2D eigenvalue weighted by Crippen LogP contribution is 2.26. The Kier molecular flexibility index (Phi) is 5.66. The van der Waals surface area contributed by atoms with Gasteiger partial charge < -0.3 is 15.2 Å². The molecule has 2 N–H and O–H groups in total. The van der Waals surface area contributed by atoms with E-state index in [-0.39, 0.29) is 17.9 Å². The van der Waals surface area contributed by atoms with Crippen molar-refractivity contribution in [3.8, 4) is 5.75 Å². The summed E-state index contributed by atoms with van der Waals surface area (Å²) in [6.07, 6.45) is 2.84. The molecule has 2 rings (SSSR count). The Hall–Kier alpha value is -1.75. The standard InChI is InChI=1S/C16H20ClNO4/c1-22-14-6-2-10(8-13(14)17)3-7-15(19)18-12-5-4-11(9-12)16(20)21/h2,6,8,11-12H,3-5,7,9H2,1H3,(H,18,19)(H,20,21)/t11-,12+/m1/s1. The van der Waals surface area contributed by atoms with Crippen LogP contribution in [0.3, 0.4) is 0 Å². The van der Waals surface area contributed by atoms with Crippen LogP contribution in [-0.4, -0.2) is 30.1 Å². The smallest absolute Gasteiger partial charge is 0.306 e. The number of nitrogens with one attached hydrogen (secondary N) is 1. The van der Waals surface area contributed by atoms with Gasteiger partial charge in [0, 0.05) is 12.5 Å². The summed E-state index contributed by atoms with van der Waals surface area (Å²) >= 11 is 6.05. The summed E-state index contributed by atoms with van der Waals surface area (Å²) in [6, 6.07) is 5.44. The van der Waals surface area contributed by atoms with Gasteiger partial charge >= 0.3 is 5.97 Å². The lowest BCUT2D eigenvalue weighted by atomic mass is 10.1. The zero-order valence-electron chi connectivity index (χ0n) is 12.5. The number of rotatable bonds is 6. The maximum absolute atomic E-state index is 11.9. The Morgan fingerprint density at radius 1 is 1.41 bits per heavy atom. The minimum Gasteiger partial charge on any atom is -0.495 e. The first kappa shape index (κ1) is 16.6. The highest BCUT2D eigenvalue weighted by atomic mass is 35.5. The normalized spacial score (nSPS) is 20.6. The summed E-state index contributed by atoms with van der Waals surface area (Å²) in [7, 11) is 1.56. The molecule has 5 nitrogen and oxygen atoms in total. The molecule has 120 valence electrons. The van der Waals surface area contributed by atoms with Crippen molar-refractivity contribution >= 4 is 23.5 Å². The molecule has 22 heavy (non-hydrogen) atoms. The van der Waals surface area contributed by atoms with Gasteiger partial charge in [0.2, 0.25) is 5.91 Å². The number of amides is 1. The summed E-state index contributed by atoms with van der Waals surface area (Å²) in [6.45, 7) is 0. The summed E-state index contributed by atoms with van der Waals surface area (Å²) in [4.78, 5) is 22.8. The summed E-state index contributed by atoms with van der Waals surface area (Å²) < 4.78 is 5.08. The number of ether oxygens (including phenoxy) is 1. The molecule has 0 heterocycles. The zero-order valence-corrected chi connectivity index (χ0v) is 13.2. The van der Waals surface area contributed by atoms with Gasteiger partial charge in [-0.2, -0.15) is 0 Å². The Morgan fingerprint density at radius 3 is 2.77 bits per heavy atom. The molecule has 0 radical (unpaired) electrons. The van der Waals surface area contributed by atoms with Crippen molar-refractivity contribution in [1.29, 1.82) is 0 Å². The van der Waals surface area contributed by atoms with Crippen LogP contribution in [0.1, 0.15) is 31.2 Å². The van der Waals surface area contributed by atoms with Gasteiger partial charge in [0.25, 0.3) is 0 Å². The number of aliphatic carboxylic acids is 1. The van der Waals surface area contributed by atoms with Crippen LogP contribution < -0.4 is 10.1 Å². The zero-order chi connectivity index (χ0) is 16.1. The Bertz CT molecular complexity index is 561. The molecule has 0 spiro atoms. The van der Waals surface area contributed by atoms with Gasteiger partial charge in [-0.3, -0.25) is 9.59 Å². The van der Waals surface area contributed by atoms with Gasteiger partial charge in [0.1, 0.15) is 5.75 Å². The minimum absolute atomic E-state index is 0.0203. The van der Waals surface area contributed by atoms with E-state index >= 15 is 0 Å². The molecule has 0 bridgehead atoms. The van der Waals surface area contributed by atoms with E-state index in [0.29, 0.717) is 36.5 Å². The molecule has 1 aromatic rings. The van der Waals surface area contributed by atoms with E-state index in [0.717, 1.165) is 12.0 Å². The number of carboxylic acid groups (broad SMARTS) is 1. The van der Waals surface area contributed by atoms with Crippen molar-refractivity contribution in [2.45, 2.75) is 38.1 Å². The molecule has 1 fully saturated rings. The van der Waals surface area contributed by atoms with Gasteiger partial charge in [-0.25, -0.2) is 0 Å². The van der Waals surface area contributed by atoms with Crippen molar-refractivity contribution in [2.75, 3.05) is 7.11 Å². The first-order valence-electron chi connectivity index (χ1n) is 7.34. The molecular formula is C16H20ClNO4. The number of carbonyl (C=O) groups excluding carboxylic acids is 1. The molecule has 0 aliphatic heterocycles. The third-order valence-corrected chi connectivity index (χ3v) is 4.30. The van der Waals surface area contributed by atoms with Crippen LogP contribution in [0.2, 0.25) is 5.02 Å². The van der Waals surface area contributed by atoms with E-state index < -0.39 is 5.97 Å². The molecule has 0 aromatic heterocycles. The SMILES string of the molecule is COc1ccc(CCC(=O)N[C@H]2CC[C@@H](C(=O)O)C2)cc1Cl. The fourth-order valence-electron chi connectivity index (χ4n) is 2.76. The monoisotopic (exact) mass is 325 g/mol. The minimum atomic E-state index is -0.773. The molecule has 1 aliphatic carbocycles. The van der Waals surface area contributed by atoms with Gasteiger partial charge in [0.15, 0.2) is 0 Å². The molecule has 1 saturated carbocycles. The first-order valence-corrected chi connectivity index (χ1v) is 7.72. The number of carboxylic acids is 1. The van der Waals surface area contributed by atoms with E-state index in [1.807, 2.05) is 6.07 Å². The third-order valence-electron chi connectivity index (χ3n) is 4.00. The second kappa shape index (κ2) is 7.49. The van der Waals surface area contributed by atoms with Crippen molar-refractivity contribution in [3.05, 3.63) is 28.8 Å².